The first-order valence-electron chi connectivity index (χ1n) is 6.40. The lowest BCUT2D eigenvalue weighted by atomic mass is 10.2. The smallest absolute Gasteiger partial charge is 0.303 e. The van der Waals surface area contributed by atoms with Crippen LogP contribution in [0.25, 0.3) is 0 Å². The molecule has 0 saturated carbocycles. The van der Waals surface area contributed by atoms with Gasteiger partial charge in [-0.15, -0.1) is 0 Å². The number of hydrogen-bond acceptors (Lipinski definition) is 3. The Bertz CT molecular complexity index is 406. The zero-order chi connectivity index (χ0) is 12.8. The summed E-state index contributed by atoms with van der Waals surface area (Å²) in [6.45, 7) is 3.44. The van der Waals surface area contributed by atoms with Gasteiger partial charge in [-0.1, -0.05) is 18.2 Å². The minimum Gasteiger partial charge on any atom is -0.492 e. The maximum Gasteiger partial charge on any atom is 0.303 e. The summed E-state index contributed by atoms with van der Waals surface area (Å²) in [4.78, 5) is 12.8. The average Bonchev–Trinajstić information content (AvgIpc) is 2.56. The molecule has 4 nitrogen and oxygen atoms in total. The fourth-order valence-corrected chi connectivity index (χ4v) is 2.18. The monoisotopic (exact) mass is 249 g/mol. The molecule has 0 saturated heterocycles. The number of fused-ring (bicyclic) bond motifs is 1. The van der Waals surface area contributed by atoms with Gasteiger partial charge in [0.25, 0.3) is 0 Å². The normalized spacial score (nSPS) is 15.6. The SMILES string of the molecule is O=C(O)CCCCN1CCOc2ccccc2C1. The van der Waals surface area contributed by atoms with Crippen LogP contribution < -0.4 is 4.74 Å². The fraction of sp³-hybridized carbons (Fsp3) is 0.500. The topological polar surface area (TPSA) is 49.8 Å². The van der Waals surface area contributed by atoms with E-state index >= 15 is 0 Å². The van der Waals surface area contributed by atoms with Crippen molar-refractivity contribution in [3.05, 3.63) is 29.8 Å². The van der Waals surface area contributed by atoms with E-state index < -0.39 is 5.97 Å². The van der Waals surface area contributed by atoms with Crippen LogP contribution in [0.1, 0.15) is 24.8 Å². The van der Waals surface area contributed by atoms with Gasteiger partial charge < -0.3 is 9.84 Å². The van der Waals surface area contributed by atoms with Crippen molar-refractivity contribution in [3.8, 4) is 5.75 Å². The van der Waals surface area contributed by atoms with Gasteiger partial charge in [-0.25, -0.2) is 0 Å². The van der Waals surface area contributed by atoms with Gasteiger partial charge in [0.05, 0.1) is 0 Å². The number of ether oxygens (including phenoxy) is 1. The molecule has 0 fully saturated rings. The summed E-state index contributed by atoms with van der Waals surface area (Å²) in [5.74, 6) is 0.269. The summed E-state index contributed by atoms with van der Waals surface area (Å²) in [6.07, 6.45) is 1.93. The van der Waals surface area contributed by atoms with Crippen molar-refractivity contribution in [2.45, 2.75) is 25.8 Å². The van der Waals surface area contributed by atoms with Gasteiger partial charge in [-0.2, -0.15) is 0 Å². The Morgan fingerprint density at radius 3 is 3.00 bits per heavy atom. The lowest BCUT2D eigenvalue weighted by molar-refractivity contribution is -0.137. The highest BCUT2D eigenvalue weighted by Gasteiger charge is 2.14. The van der Waals surface area contributed by atoms with Crippen LogP contribution in [0.3, 0.4) is 0 Å². The summed E-state index contributed by atoms with van der Waals surface area (Å²) in [6, 6.07) is 8.10. The van der Waals surface area contributed by atoms with Gasteiger partial charge in [0.15, 0.2) is 0 Å². The van der Waals surface area contributed by atoms with Crippen LogP contribution in [0.2, 0.25) is 0 Å². The molecule has 2 rings (SSSR count). The van der Waals surface area contributed by atoms with Crippen molar-refractivity contribution in [3.63, 3.8) is 0 Å². The first-order valence-corrected chi connectivity index (χ1v) is 6.40. The molecule has 98 valence electrons. The van der Waals surface area contributed by atoms with Crippen molar-refractivity contribution in [2.75, 3.05) is 19.7 Å². The third-order valence-corrected chi connectivity index (χ3v) is 3.15. The molecule has 1 heterocycles. The van der Waals surface area contributed by atoms with Crippen LogP contribution in [0, 0.1) is 0 Å². The first-order chi connectivity index (χ1) is 8.75. The van der Waals surface area contributed by atoms with E-state index in [2.05, 4.69) is 11.0 Å². The fourth-order valence-electron chi connectivity index (χ4n) is 2.18. The molecule has 1 aliphatic rings. The Morgan fingerprint density at radius 2 is 2.17 bits per heavy atom. The third-order valence-electron chi connectivity index (χ3n) is 3.15. The summed E-state index contributed by atoms with van der Waals surface area (Å²) >= 11 is 0. The Labute approximate surface area is 107 Å². The highest BCUT2D eigenvalue weighted by molar-refractivity contribution is 5.66. The maximum atomic E-state index is 10.4. The minimum atomic E-state index is -0.709. The van der Waals surface area contributed by atoms with Crippen LogP contribution in [0.5, 0.6) is 5.75 Å². The molecule has 0 radical (unpaired) electrons. The van der Waals surface area contributed by atoms with E-state index in [4.69, 9.17) is 9.84 Å². The number of benzene rings is 1. The van der Waals surface area contributed by atoms with Crippen LogP contribution in [0.15, 0.2) is 24.3 Å². The zero-order valence-corrected chi connectivity index (χ0v) is 10.5. The van der Waals surface area contributed by atoms with Gasteiger partial charge in [0.1, 0.15) is 12.4 Å². The number of aliphatic carboxylic acids is 1. The van der Waals surface area contributed by atoms with E-state index in [1.54, 1.807) is 0 Å². The molecule has 0 spiro atoms. The van der Waals surface area contributed by atoms with Crippen molar-refractivity contribution in [1.29, 1.82) is 0 Å². The van der Waals surface area contributed by atoms with Crippen LogP contribution in [-0.4, -0.2) is 35.7 Å². The number of para-hydroxylation sites is 1. The van der Waals surface area contributed by atoms with Gasteiger partial charge in [0.2, 0.25) is 0 Å². The molecule has 1 aliphatic heterocycles. The third kappa shape index (κ3) is 3.74. The molecular formula is C14H19NO3. The Balaban J connectivity index is 1.82. The second-order valence-electron chi connectivity index (χ2n) is 4.58. The van der Waals surface area contributed by atoms with E-state index in [0.29, 0.717) is 6.61 Å². The summed E-state index contributed by atoms with van der Waals surface area (Å²) in [5, 5.41) is 8.59. The number of hydrogen-bond donors (Lipinski definition) is 1. The van der Waals surface area contributed by atoms with Crippen molar-refractivity contribution in [2.24, 2.45) is 0 Å². The lowest BCUT2D eigenvalue weighted by Gasteiger charge is -2.18. The second-order valence-corrected chi connectivity index (χ2v) is 4.58. The molecule has 0 unspecified atom stereocenters. The van der Waals surface area contributed by atoms with Gasteiger partial charge in [-0.3, -0.25) is 9.69 Å². The average molecular weight is 249 g/mol. The first kappa shape index (κ1) is 12.9. The number of unbranched alkanes of at least 4 members (excludes halogenated alkanes) is 1. The molecule has 0 aliphatic carbocycles. The van der Waals surface area contributed by atoms with E-state index in [1.165, 1.54) is 5.56 Å². The molecule has 0 atom stereocenters. The Kier molecular flexibility index (Phi) is 4.59. The van der Waals surface area contributed by atoms with Crippen molar-refractivity contribution < 1.29 is 14.6 Å². The standard InChI is InChI=1S/C14H19NO3/c16-14(17)7-3-4-8-15-9-10-18-13-6-2-1-5-12(13)11-15/h1-2,5-6H,3-4,7-11H2,(H,16,17). The highest BCUT2D eigenvalue weighted by atomic mass is 16.5. The van der Waals surface area contributed by atoms with Crippen molar-refractivity contribution >= 4 is 5.97 Å². The zero-order valence-electron chi connectivity index (χ0n) is 10.5. The van der Waals surface area contributed by atoms with Gasteiger partial charge in [-0.05, 0) is 25.5 Å². The maximum absolute atomic E-state index is 10.4. The lowest BCUT2D eigenvalue weighted by Crippen LogP contribution is -2.26. The molecule has 4 heteroatoms. The molecular weight excluding hydrogens is 230 g/mol. The minimum absolute atomic E-state index is 0.265. The van der Waals surface area contributed by atoms with E-state index in [1.807, 2.05) is 18.2 Å². The number of carboxylic acids is 1. The summed E-state index contributed by atoms with van der Waals surface area (Å²) < 4.78 is 5.69. The molecule has 0 bridgehead atoms. The van der Waals surface area contributed by atoms with E-state index in [0.717, 1.165) is 38.2 Å². The largest absolute Gasteiger partial charge is 0.492 e. The van der Waals surface area contributed by atoms with E-state index in [9.17, 15) is 4.79 Å². The Hall–Kier alpha value is -1.55. The van der Waals surface area contributed by atoms with Gasteiger partial charge in [0, 0.05) is 25.1 Å². The van der Waals surface area contributed by atoms with Crippen LogP contribution in [-0.2, 0) is 11.3 Å². The van der Waals surface area contributed by atoms with Crippen LogP contribution >= 0.6 is 0 Å². The van der Waals surface area contributed by atoms with Crippen molar-refractivity contribution in [1.82, 2.24) is 4.90 Å². The number of carboxylic acid groups (broad SMARTS) is 1. The predicted octanol–water partition coefficient (Wildman–Crippen LogP) is 2.14. The number of rotatable bonds is 5. The molecule has 1 aromatic rings. The molecule has 0 amide bonds. The van der Waals surface area contributed by atoms with Crippen LogP contribution in [0.4, 0.5) is 0 Å². The van der Waals surface area contributed by atoms with E-state index in [-0.39, 0.29) is 6.42 Å². The summed E-state index contributed by atoms with van der Waals surface area (Å²) in [5.41, 5.74) is 1.22. The molecule has 18 heavy (non-hydrogen) atoms. The number of carbonyl (C=O) groups is 1. The molecule has 1 aromatic carbocycles. The molecule has 0 aromatic heterocycles. The Morgan fingerprint density at radius 1 is 1.33 bits per heavy atom. The quantitative estimate of drug-likeness (QED) is 0.812. The second kappa shape index (κ2) is 6.40. The predicted molar refractivity (Wildman–Crippen MR) is 68.7 cm³/mol. The number of nitrogens with zero attached hydrogens (tertiary/aromatic N) is 1. The summed E-state index contributed by atoms with van der Waals surface area (Å²) in [7, 11) is 0. The van der Waals surface area contributed by atoms with Gasteiger partial charge >= 0.3 is 5.97 Å². The molecule has 1 N–H and O–H groups in total. The highest BCUT2D eigenvalue weighted by Crippen LogP contribution is 2.22.